The van der Waals surface area contributed by atoms with E-state index in [1.165, 1.54) is 0 Å². The van der Waals surface area contributed by atoms with Crippen molar-refractivity contribution in [3.8, 4) is 0 Å². The van der Waals surface area contributed by atoms with Crippen molar-refractivity contribution in [2.45, 2.75) is 18.9 Å². The third-order valence-corrected chi connectivity index (χ3v) is 2.88. The van der Waals surface area contributed by atoms with E-state index in [-0.39, 0.29) is 6.42 Å². The summed E-state index contributed by atoms with van der Waals surface area (Å²) in [5, 5.41) is 8.93. The lowest BCUT2D eigenvalue weighted by atomic mass is 9.87. The number of carboxylic acids is 1. The molecule has 1 unspecified atom stereocenters. The van der Waals surface area contributed by atoms with Crippen LogP contribution in [-0.4, -0.2) is 30.1 Å². The van der Waals surface area contributed by atoms with Crippen LogP contribution in [0.2, 0.25) is 0 Å². The Kier molecular flexibility index (Phi) is 3.48. The summed E-state index contributed by atoms with van der Waals surface area (Å²) in [5.41, 5.74) is 0.574. The Hall–Kier alpha value is -1.35. The smallest absolute Gasteiger partial charge is 0.305 e. The van der Waals surface area contributed by atoms with Crippen LogP contribution < -0.4 is 0 Å². The van der Waals surface area contributed by atoms with E-state index in [9.17, 15) is 4.79 Å². The quantitative estimate of drug-likeness (QED) is 0.820. The lowest BCUT2D eigenvalue weighted by Crippen LogP contribution is -2.40. The third-order valence-electron chi connectivity index (χ3n) is 2.88. The van der Waals surface area contributed by atoms with Gasteiger partial charge in [-0.15, -0.1) is 0 Å². The molecule has 1 aromatic rings. The first-order chi connectivity index (χ1) is 6.97. The Labute approximate surface area is 90.3 Å². The van der Waals surface area contributed by atoms with Crippen LogP contribution in [0.5, 0.6) is 0 Å². The van der Waals surface area contributed by atoms with Crippen molar-refractivity contribution < 1.29 is 9.90 Å². The van der Waals surface area contributed by atoms with Crippen molar-refractivity contribution >= 4 is 5.97 Å². The number of carboxylic acid groups (broad SMARTS) is 1. The van der Waals surface area contributed by atoms with Crippen molar-refractivity contribution in [2.75, 3.05) is 14.1 Å². The first-order valence-corrected chi connectivity index (χ1v) is 4.91. The predicted octanol–water partition coefficient (Wildman–Crippen LogP) is 1.94. The number of rotatable bonds is 4. The number of aliphatic carboxylic acids is 1. The molecule has 1 atom stereocenters. The Morgan fingerprint density at radius 2 is 1.87 bits per heavy atom. The largest absolute Gasteiger partial charge is 0.481 e. The molecular formula is C12H17NO2. The average molecular weight is 207 g/mol. The van der Waals surface area contributed by atoms with E-state index in [0.29, 0.717) is 0 Å². The van der Waals surface area contributed by atoms with E-state index in [4.69, 9.17) is 5.11 Å². The molecule has 1 N–H and O–H groups in total. The van der Waals surface area contributed by atoms with E-state index in [1.54, 1.807) is 0 Å². The fourth-order valence-corrected chi connectivity index (χ4v) is 1.61. The standard InChI is InChI=1S/C12H17NO2/c1-12(13(2)3,9-11(14)15)10-7-5-4-6-8-10/h4-8H,9H2,1-3H3,(H,14,15). The maximum atomic E-state index is 10.9. The molecule has 0 aromatic heterocycles. The molecular weight excluding hydrogens is 190 g/mol. The first-order valence-electron chi connectivity index (χ1n) is 4.91. The van der Waals surface area contributed by atoms with Crippen LogP contribution in [0, 0.1) is 0 Å². The maximum absolute atomic E-state index is 10.9. The molecule has 0 spiro atoms. The molecule has 3 nitrogen and oxygen atoms in total. The van der Waals surface area contributed by atoms with Gasteiger partial charge in [0.05, 0.1) is 12.0 Å². The number of hydrogen-bond acceptors (Lipinski definition) is 2. The van der Waals surface area contributed by atoms with Gasteiger partial charge in [0.25, 0.3) is 0 Å². The molecule has 0 heterocycles. The third kappa shape index (κ3) is 2.57. The molecule has 0 amide bonds. The molecule has 3 heteroatoms. The molecule has 15 heavy (non-hydrogen) atoms. The van der Waals surface area contributed by atoms with Gasteiger partial charge in [-0.2, -0.15) is 0 Å². The van der Waals surface area contributed by atoms with E-state index in [0.717, 1.165) is 5.56 Å². The maximum Gasteiger partial charge on any atom is 0.305 e. The molecule has 0 saturated heterocycles. The number of hydrogen-bond donors (Lipinski definition) is 1. The second-order valence-corrected chi connectivity index (χ2v) is 4.10. The normalized spacial score (nSPS) is 14.9. The van der Waals surface area contributed by atoms with Gasteiger partial charge in [0.2, 0.25) is 0 Å². The molecule has 0 aliphatic heterocycles. The van der Waals surface area contributed by atoms with Gasteiger partial charge in [0.1, 0.15) is 0 Å². The second-order valence-electron chi connectivity index (χ2n) is 4.10. The summed E-state index contributed by atoms with van der Waals surface area (Å²) in [5.74, 6) is -0.782. The van der Waals surface area contributed by atoms with Crippen molar-refractivity contribution in [3.63, 3.8) is 0 Å². The highest BCUT2D eigenvalue weighted by Crippen LogP contribution is 2.29. The van der Waals surface area contributed by atoms with E-state index in [1.807, 2.05) is 56.3 Å². The van der Waals surface area contributed by atoms with Crippen LogP contribution >= 0.6 is 0 Å². The molecule has 0 saturated carbocycles. The zero-order valence-corrected chi connectivity index (χ0v) is 9.40. The Morgan fingerprint density at radius 3 is 2.27 bits per heavy atom. The van der Waals surface area contributed by atoms with Crippen LogP contribution in [0.25, 0.3) is 0 Å². The Morgan fingerprint density at radius 1 is 1.33 bits per heavy atom. The zero-order valence-electron chi connectivity index (χ0n) is 9.40. The van der Waals surface area contributed by atoms with E-state index < -0.39 is 11.5 Å². The minimum Gasteiger partial charge on any atom is -0.481 e. The van der Waals surface area contributed by atoms with Crippen molar-refractivity contribution in [2.24, 2.45) is 0 Å². The molecule has 1 rings (SSSR count). The van der Waals surface area contributed by atoms with Gasteiger partial charge in [-0.3, -0.25) is 9.69 Å². The van der Waals surface area contributed by atoms with Crippen LogP contribution in [-0.2, 0) is 10.3 Å². The second kappa shape index (κ2) is 4.45. The van der Waals surface area contributed by atoms with Crippen LogP contribution in [0.15, 0.2) is 30.3 Å². The number of carbonyl (C=O) groups is 1. The first kappa shape index (κ1) is 11.7. The lowest BCUT2D eigenvalue weighted by Gasteiger charge is -2.35. The molecule has 0 bridgehead atoms. The monoisotopic (exact) mass is 207 g/mol. The van der Waals surface area contributed by atoms with Gasteiger partial charge in [0, 0.05) is 0 Å². The Balaban J connectivity index is 3.07. The molecule has 0 aliphatic rings. The topological polar surface area (TPSA) is 40.5 Å². The van der Waals surface area contributed by atoms with Crippen molar-refractivity contribution in [1.82, 2.24) is 4.90 Å². The number of nitrogens with zero attached hydrogens (tertiary/aromatic N) is 1. The highest BCUT2D eigenvalue weighted by Gasteiger charge is 2.31. The van der Waals surface area contributed by atoms with E-state index >= 15 is 0 Å². The molecule has 0 radical (unpaired) electrons. The van der Waals surface area contributed by atoms with Gasteiger partial charge < -0.3 is 5.11 Å². The molecule has 0 aliphatic carbocycles. The van der Waals surface area contributed by atoms with Gasteiger partial charge in [-0.05, 0) is 26.6 Å². The highest BCUT2D eigenvalue weighted by molar-refractivity contribution is 5.68. The van der Waals surface area contributed by atoms with E-state index in [2.05, 4.69) is 0 Å². The summed E-state index contributed by atoms with van der Waals surface area (Å²) in [4.78, 5) is 12.8. The van der Waals surface area contributed by atoms with Gasteiger partial charge in [-0.1, -0.05) is 30.3 Å². The minimum atomic E-state index is -0.782. The lowest BCUT2D eigenvalue weighted by molar-refractivity contribution is -0.140. The SMILES string of the molecule is CN(C)C(C)(CC(=O)O)c1ccccc1. The summed E-state index contributed by atoms with van der Waals surface area (Å²) in [6.45, 7) is 1.94. The van der Waals surface area contributed by atoms with Crippen LogP contribution in [0.1, 0.15) is 18.9 Å². The zero-order chi connectivity index (χ0) is 11.5. The molecule has 1 aromatic carbocycles. The minimum absolute atomic E-state index is 0.101. The van der Waals surface area contributed by atoms with Gasteiger partial charge >= 0.3 is 5.97 Å². The summed E-state index contributed by atoms with van der Waals surface area (Å²) < 4.78 is 0. The summed E-state index contributed by atoms with van der Waals surface area (Å²) in [6, 6.07) is 9.71. The summed E-state index contributed by atoms with van der Waals surface area (Å²) >= 11 is 0. The fourth-order valence-electron chi connectivity index (χ4n) is 1.61. The summed E-state index contributed by atoms with van der Waals surface area (Å²) in [7, 11) is 3.80. The van der Waals surface area contributed by atoms with Gasteiger partial charge in [0.15, 0.2) is 0 Å². The molecule has 0 fully saturated rings. The number of benzene rings is 1. The Bertz CT molecular complexity index is 335. The molecule has 82 valence electrons. The summed E-state index contributed by atoms with van der Waals surface area (Å²) in [6.07, 6.45) is 0.101. The predicted molar refractivity (Wildman–Crippen MR) is 59.7 cm³/mol. The highest BCUT2D eigenvalue weighted by atomic mass is 16.4. The van der Waals surface area contributed by atoms with Crippen molar-refractivity contribution in [1.29, 1.82) is 0 Å². The van der Waals surface area contributed by atoms with Crippen LogP contribution in [0.4, 0.5) is 0 Å². The van der Waals surface area contributed by atoms with Crippen LogP contribution in [0.3, 0.4) is 0 Å². The fraction of sp³-hybridized carbons (Fsp3) is 0.417. The van der Waals surface area contributed by atoms with Gasteiger partial charge in [-0.25, -0.2) is 0 Å². The average Bonchev–Trinajstić information content (AvgIpc) is 2.17. The van der Waals surface area contributed by atoms with Crippen molar-refractivity contribution in [3.05, 3.63) is 35.9 Å².